The van der Waals surface area contributed by atoms with Gasteiger partial charge in [-0.25, -0.2) is 13.2 Å². The summed E-state index contributed by atoms with van der Waals surface area (Å²) in [5.41, 5.74) is 3.00. The Hall–Kier alpha value is -2.58. The Morgan fingerprint density at radius 3 is 2.51 bits per heavy atom. The van der Waals surface area contributed by atoms with Gasteiger partial charge in [-0.05, 0) is 38.5 Å². The van der Waals surface area contributed by atoms with Gasteiger partial charge in [0, 0.05) is 72.1 Å². The number of fused-ring (bicyclic) bond motifs is 3. The van der Waals surface area contributed by atoms with Gasteiger partial charge in [-0.2, -0.15) is 0 Å². The number of benzene rings is 2. The van der Waals surface area contributed by atoms with Gasteiger partial charge in [-0.3, -0.25) is 14.2 Å². The molecule has 2 aliphatic heterocycles. The number of nitrogens with one attached hydrogen (secondary N) is 2. The zero-order valence-electron chi connectivity index (χ0n) is 20.1. The summed E-state index contributed by atoms with van der Waals surface area (Å²) in [5, 5.41) is 4.10. The first-order chi connectivity index (χ1) is 16.9. The molecular weight excluding hydrogens is 456 g/mol. The van der Waals surface area contributed by atoms with E-state index in [1.165, 1.54) is 19.1 Å². The maximum atomic E-state index is 15.7. The lowest BCUT2D eigenvalue weighted by molar-refractivity contribution is 0.110. The van der Waals surface area contributed by atoms with Crippen molar-refractivity contribution in [2.75, 3.05) is 38.2 Å². The zero-order chi connectivity index (χ0) is 24.7. The van der Waals surface area contributed by atoms with Gasteiger partial charge in [0.05, 0.1) is 18.8 Å². The molecule has 0 radical (unpaired) electrons. The van der Waals surface area contributed by atoms with Crippen LogP contribution in [0.2, 0.25) is 0 Å². The van der Waals surface area contributed by atoms with Crippen LogP contribution in [0.25, 0.3) is 10.9 Å². The molecule has 2 aromatic carbocycles. The molecule has 3 heterocycles. The molecular formula is C27H32F4N4. The van der Waals surface area contributed by atoms with Gasteiger partial charge >= 0.3 is 0 Å². The van der Waals surface area contributed by atoms with E-state index in [9.17, 15) is 8.78 Å². The summed E-state index contributed by atoms with van der Waals surface area (Å²) in [7, 11) is 0. The number of aromatic nitrogens is 1. The van der Waals surface area contributed by atoms with Crippen molar-refractivity contribution in [1.29, 1.82) is 0 Å². The molecule has 1 saturated heterocycles. The van der Waals surface area contributed by atoms with Gasteiger partial charge in [-0.1, -0.05) is 18.2 Å². The fraction of sp³-hybridized carbons (Fsp3) is 0.481. The van der Waals surface area contributed by atoms with Gasteiger partial charge in [0.15, 0.2) is 0 Å². The molecule has 35 heavy (non-hydrogen) atoms. The molecule has 0 spiro atoms. The van der Waals surface area contributed by atoms with Crippen molar-refractivity contribution in [2.45, 2.75) is 51.0 Å². The average Bonchev–Trinajstić information content (AvgIpc) is 3.14. The Balaban J connectivity index is 1.49. The molecule has 4 nitrogen and oxygen atoms in total. The third-order valence-corrected chi connectivity index (χ3v) is 7.25. The lowest BCUT2D eigenvalue weighted by Crippen LogP contribution is -2.54. The summed E-state index contributed by atoms with van der Waals surface area (Å²) in [6.07, 6.45) is 0.00286. The van der Waals surface area contributed by atoms with E-state index < -0.39 is 23.8 Å². The predicted molar refractivity (Wildman–Crippen MR) is 131 cm³/mol. The summed E-state index contributed by atoms with van der Waals surface area (Å²) >= 11 is 0. The van der Waals surface area contributed by atoms with E-state index >= 15 is 8.78 Å². The molecule has 3 atom stereocenters. The normalized spacial score (nSPS) is 22.2. The van der Waals surface area contributed by atoms with Crippen LogP contribution in [0.4, 0.5) is 23.2 Å². The van der Waals surface area contributed by atoms with Crippen LogP contribution < -0.4 is 5.32 Å². The van der Waals surface area contributed by atoms with Crippen molar-refractivity contribution in [3.05, 3.63) is 64.9 Å². The highest BCUT2D eigenvalue weighted by molar-refractivity contribution is 5.86. The van der Waals surface area contributed by atoms with Crippen molar-refractivity contribution in [3.8, 4) is 0 Å². The number of H-pyrrole nitrogens is 1. The molecule has 2 aliphatic rings. The van der Waals surface area contributed by atoms with Gasteiger partial charge in [-0.15, -0.1) is 0 Å². The van der Waals surface area contributed by atoms with Crippen LogP contribution >= 0.6 is 0 Å². The molecule has 1 aromatic heterocycles. The number of para-hydroxylation sites is 1. The second kappa shape index (κ2) is 9.82. The van der Waals surface area contributed by atoms with Crippen molar-refractivity contribution in [3.63, 3.8) is 0 Å². The Labute approximate surface area is 203 Å². The second-order valence-electron chi connectivity index (χ2n) is 9.99. The Bertz CT molecular complexity index is 1160. The molecule has 3 aromatic rings. The summed E-state index contributed by atoms with van der Waals surface area (Å²) < 4.78 is 58.0. The van der Waals surface area contributed by atoms with Gasteiger partial charge in [0.2, 0.25) is 0 Å². The van der Waals surface area contributed by atoms with Crippen molar-refractivity contribution < 1.29 is 17.6 Å². The SMILES string of the molecule is CC(F)CN1[C@H](c2c(F)cc(NC3CN(CCCF)C3)cc2F)c2c([nH]c3ccccc23)C[C@H]1C. The molecule has 5 rings (SSSR count). The van der Waals surface area contributed by atoms with E-state index in [1.54, 1.807) is 0 Å². The molecule has 188 valence electrons. The van der Waals surface area contributed by atoms with Crippen LogP contribution in [0.5, 0.6) is 0 Å². The molecule has 8 heteroatoms. The Morgan fingerprint density at radius 2 is 1.83 bits per heavy atom. The second-order valence-corrected chi connectivity index (χ2v) is 9.99. The van der Waals surface area contributed by atoms with E-state index in [2.05, 4.69) is 15.2 Å². The predicted octanol–water partition coefficient (Wildman–Crippen LogP) is 5.60. The Kier molecular flexibility index (Phi) is 6.77. The van der Waals surface area contributed by atoms with Crippen molar-refractivity contribution in [1.82, 2.24) is 14.8 Å². The highest BCUT2D eigenvalue weighted by Gasteiger charge is 2.39. The fourth-order valence-electron chi connectivity index (χ4n) is 5.70. The topological polar surface area (TPSA) is 34.3 Å². The maximum Gasteiger partial charge on any atom is 0.133 e. The number of likely N-dealkylation sites (tertiary alicyclic amines) is 1. The van der Waals surface area contributed by atoms with E-state index in [-0.39, 0.29) is 30.9 Å². The van der Waals surface area contributed by atoms with Crippen LogP contribution in [0.1, 0.15) is 43.1 Å². The van der Waals surface area contributed by atoms with Crippen molar-refractivity contribution in [2.24, 2.45) is 0 Å². The molecule has 2 N–H and O–H groups in total. The number of rotatable bonds is 8. The van der Waals surface area contributed by atoms with Crippen LogP contribution in [-0.2, 0) is 6.42 Å². The summed E-state index contributed by atoms with van der Waals surface area (Å²) in [4.78, 5) is 7.42. The summed E-state index contributed by atoms with van der Waals surface area (Å²) in [6.45, 7) is 5.30. The van der Waals surface area contributed by atoms with Crippen LogP contribution in [0.15, 0.2) is 36.4 Å². The van der Waals surface area contributed by atoms with E-state index in [4.69, 9.17) is 0 Å². The van der Waals surface area contributed by atoms with E-state index in [0.717, 1.165) is 22.2 Å². The van der Waals surface area contributed by atoms with E-state index in [0.29, 0.717) is 38.2 Å². The minimum Gasteiger partial charge on any atom is -0.380 e. The largest absolute Gasteiger partial charge is 0.380 e. The van der Waals surface area contributed by atoms with Crippen molar-refractivity contribution >= 4 is 16.6 Å². The first-order valence-electron chi connectivity index (χ1n) is 12.4. The quantitative estimate of drug-likeness (QED) is 0.406. The first kappa shape index (κ1) is 24.1. The number of halogens is 4. The molecule has 0 saturated carbocycles. The highest BCUT2D eigenvalue weighted by Crippen LogP contribution is 2.44. The number of hydrogen-bond acceptors (Lipinski definition) is 3. The van der Waals surface area contributed by atoms with Gasteiger partial charge in [0.1, 0.15) is 17.8 Å². The third kappa shape index (κ3) is 4.66. The van der Waals surface area contributed by atoms with E-state index in [1.807, 2.05) is 36.1 Å². The highest BCUT2D eigenvalue weighted by atomic mass is 19.1. The third-order valence-electron chi connectivity index (χ3n) is 7.25. The van der Waals surface area contributed by atoms with Crippen LogP contribution in [0.3, 0.4) is 0 Å². The maximum absolute atomic E-state index is 15.7. The molecule has 0 amide bonds. The standard InChI is InChI=1S/C27H32F4N4/c1-16(29)13-35-17(2)10-24-25(20-6-3-4-7-23(20)33-24)27(35)26-21(30)11-18(12-22(26)31)32-19-14-34(15-19)9-5-8-28/h3-4,6-7,11-12,16-17,19,27,32-33H,5,8-10,13-15H2,1-2H3/t16?,17-,27+/m1/s1. The molecule has 0 bridgehead atoms. The Morgan fingerprint density at radius 1 is 1.11 bits per heavy atom. The lowest BCUT2D eigenvalue weighted by atomic mass is 9.86. The minimum absolute atomic E-state index is 0.0491. The summed E-state index contributed by atoms with van der Waals surface area (Å²) in [5.74, 6) is -1.29. The molecule has 0 aliphatic carbocycles. The number of nitrogens with zero attached hydrogens (tertiary/aromatic N) is 2. The monoisotopic (exact) mass is 488 g/mol. The fourth-order valence-corrected chi connectivity index (χ4v) is 5.70. The molecule has 1 fully saturated rings. The van der Waals surface area contributed by atoms with Gasteiger partial charge < -0.3 is 10.3 Å². The zero-order valence-corrected chi connectivity index (χ0v) is 20.1. The molecule has 1 unspecified atom stereocenters. The first-order valence-corrected chi connectivity index (χ1v) is 12.4. The van der Waals surface area contributed by atoms with Gasteiger partial charge in [0.25, 0.3) is 0 Å². The minimum atomic E-state index is -1.14. The lowest BCUT2D eigenvalue weighted by Gasteiger charge is -2.42. The average molecular weight is 489 g/mol. The number of alkyl halides is 2. The van der Waals surface area contributed by atoms with Crippen LogP contribution in [0, 0.1) is 11.6 Å². The number of aromatic amines is 1. The summed E-state index contributed by atoms with van der Waals surface area (Å²) in [6, 6.07) is 9.64. The number of anilines is 1. The number of hydrogen-bond donors (Lipinski definition) is 2. The van der Waals surface area contributed by atoms with Crippen LogP contribution in [-0.4, -0.2) is 65.9 Å². The smallest absolute Gasteiger partial charge is 0.133 e.